The highest BCUT2D eigenvalue weighted by molar-refractivity contribution is 5.79. The average molecular weight is 247 g/mol. The quantitative estimate of drug-likeness (QED) is 0.753. The number of alkyl halides is 2. The van der Waals surface area contributed by atoms with Crippen molar-refractivity contribution >= 4 is 5.91 Å². The van der Waals surface area contributed by atoms with Gasteiger partial charge in [-0.25, -0.2) is 8.78 Å². The SMILES string of the molecule is C=CCN(CCO)C(=O)C1CCC(F)(F)CC1. The molecule has 1 amide bonds. The maximum atomic E-state index is 13.0. The molecule has 0 aliphatic heterocycles. The molecule has 17 heavy (non-hydrogen) atoms. The fourth-order valence-corrected chi connectivity index (χ4v) is 2.11. The molecule has 1 N–H and O–H groups in total. The molecule has 0 spiro atoms. The van der Waals surface area contributed by atoms with Crippen molar-refractivity contribution in [1.82, 2.24) is 4.90 Å². The van der Waals surface area contributed by atoms with E-state index < -0.39 is 5.92 Å². The van der Waals surface area contributed by atoms with Gasteiger partial charge in [-0.3, -0.25) is 4.79 Å². The number of carbonyl (C=O) groups is 1. The second-order valence-corrected chi connectivity index (χ2v) is 4.43. The van der Waals surface area contributed by atoms with Crippen molar-refractivity contribution in [2.45, 2.75) is 31.6 Å². The summed E-state index contributed by atoms with van der Waals surface area (Å²) in [6.45, 7) is 4.00. The monoisotopic (exact) mass is 247 g/mol. The van der Waals surface area contributed by atoms with Crippen molar-refractivity contribution in [1.29, 1.82) is 0 Å². The third-order valence-corrected chi connectivity index (χ3v) is 3.10. The molecule has 1 fully saturated rings. The zero-order chi connectivity index (χ0) is 12.9. The number of hydrogen-bond donors (Lipinski definition) is 1. The average Bonchev–Trinajstić information content (AvgIpc) is 2.28. The maximum Gasteiger partial charge on any atom is 0.248 e. The van der Waals surface area contributed by atoms with Gasteiger partial charge in [0.25, 0.3) is 0 Å². The first-order valence-corrected chi connectivity index (χ1v) is 5.88. The normalized spacial score (nSPS) is 19.9. The number of aliphatic hydroxyl groups is 1. The van der Waals surface area contributed by atoms with E-state index in [2.05, 4.69) is 6.58 Å². The number of rotatable bonds is 5. The standard InChI is InChI=1S/C12H19F2NO2/c1-2-7-15(8-9-16)11(17)10-3-5-12(13,14)6-4-10/h2,10,16H,1,3-9H2. The predicted octanol–water partition coefficient (Wildman–Crippen LogP) is 1.82. The van der Waals surface area contributed by atoms with Crippen LogP contribution in [0.3, 0.4) is 0 Å². The van der Waals surface area contributed by atoms with Crippen LogP contribution < -0.4 is 0 Å². The van der Waals surface area contributed by atoms with Crippen molar-refractivity contribution in [3.05, 3.63) is 12.7 Å². The lowest BCUT2D eigenvalue weighted by molar-refractivity contribution is -0.139. The summed E-state index contributed by atoms with van der Waals surface area (Å²) in [5, 5.41) is 8.85. The largest absolute Gasteiger partial charge is 0.395 e. The molecule has 0 saturated heterocycles. The van der Waals surface area contributed by atoms with Crippen LogP contribution in [-0.4, -0.2) is 41.5 Å². The summed E-state index contributed by atoms with van der Waals surface area (Å²) in [4.78, 5) is 13.5. The van der Waals surface area contributed by atoms with Crippen LogP contribution in [0.2, 0.25) is 0 Å². The van der Waals surface area contributed by atoms with Crippen LogP contribution in [0.25, 0.3) is 0 Å². The molecule has 98 valence electrons. The Bertz CT molecular complexity index is 272. The molecule has 3 nitrogen and oxygen atoms in total. The van der Waals surface area contributed by atoms with Crippen molar-refractivity contribution in [3.63, 3.8) is 0 Å². The predicted molar refractivity (Wildman–Crippen MR) is 60.8 cm³/mol. The van der Waals surface area contributed by atoms with Crippen LogP contribution in [0.4, 0.5) is 8.78 Å². The van der Waals surface area contributed by atoms with Gasteiger partial charge >= 0.3 is 0 Å². The van der Waals surface area contributed by atoms with Gasteiger partial charge in [-0.2, -0.15) is 0 Å². The second kappa shape index (κ2) is 6.10. The number of carbonyl (C=O) groups excluding carboxylic acids is 1. The Morgan fingerprint density at radius 1 is 1.47 bits per heavy atom. The first-order valence-electron chi connectivity index (χ1n) is 5.88. The molecule has 0 bridgehead atoms. The van der Waals surface area contributed by atoms with Gasteiger partial charge in [0.15, 0.2) is 0 Å². The summed E-state index contributed by atoms with van der Waals surface area (Å²) in [6.07, 6.45) is 1.59. The molecule has 1 aliphatic carbocycles. The highest BCUT2D eigenvalue weighted by atomic mass is 19.3. The minimum atomic E-state index is -2.61. The van der Waals surface area contributed by atoms with Gasteiger partial charge in [-0.05, 0) is 12.8 Å². The van der Waals surface area contributed by atoms with Crippen molar-refractivity contribution in [3.8, 4) is 0 Å². The second-order valence-electron chi connectivity index (χ2n) is 4.43. The Morgan fingerprint density at radius 3 is 2.53 bits per heavy atom. The minimum Gasteiger partial charge on any atom is -0.395 e. The van der Waals surface area contributed by atoms with E-state index in [1.807, 2.05) is 0 Å². The maximum absolute atomic E-state index is 13.0. The molecule has 0 unspecified atom stereocenters. The Hall–Kier alpha value is -0.970. The number of aliphatic hydroxyl groups excluding tert-OH is 1. The molecule has 1 rings (SSSR count). The van der Waals surface area contributed by atoms with Crippen LogP contribution >= 0.6 is 0 Å². The lowest BCUT2D eigenvalue weighted by Crippen LogP contribution is -2.40. The molecule has 0 heterocycles. The third kappa shape index (κ3) is 4.07. The molecule has 0 atom stereocenters. The molecule has 0 aromatic carbocycles. The van der Waals surface area contributed by atoms with Crippen LogP contribution in [-0.2, 0) is 4.79 Å². The molecule has 5 heteroatoms. The first-order chi connectivity index (χ1) is 8.00. The van der Waals surface area contributed by atoms with E-state index >= 15 is 0 Å². The minimum absolute atomic E-state index is 0.123. The summed E-state index contributed by atoms with van der Waals surface area (Å²) >= 11 is 0. The van der Waals surface area contributed by atoms with Gasteiger partial charge in [0, 0.05) is 31.8 Å². The molecular weight excluding hydrogens is 228 g/mol. The van der Waals surface area contributed by atoms with Crippen LogP contribution in [0.15, 0.2) is 12.7 Å². The molecule has 0 radical (unpaired) electrons. The number of halogens is 2. The number of hydrogen-bond acceptors (Lipinski definition) is 2. The third-order valence-electron chi connectivity index (χ3n) is 3.10. The van der Waals surface area contributed by atoms with E-state index in [1.165, 1.54) is 4.90 Å². The fourth-order valence-electron chi connectivity index (χ4n) is 2.11. The smallest absolute Gasteiger partial charge is 0.248 e. The molecule has 0 aromatic rings. The summed E-state index contributed by atoms with van der Waals surface area (Å²) < 4.78 is 25.9. The van der Waals surface area contributed by atoms with E-state index in [1.54, 1.807) is 6.08 Å². The Kier molecular flexibility index (Phi) is 5.05. The van der Waals surface area contributed by atoms with Gasteiger partial charge in [-0.15, -0.1) is 6.58 Å². The summed E-state index contributed by atoms with van der Waals surface area (Å²) in [5.41, 5.74) is 0. The lowest BCUT2D eigenvalue weighted by atomic mass is 9.86. The topological polar surface area (TPSA) is 40.5 Å². The Balaban J connectivity index is 2.53. The van der Waals surface area contributed by atoms with Crippen LogP contribution in [0.1, 0.15) is 25.7 Å². The van der Waals surface area contributed by atoms with Crippen molar-refractivity contribution < 1.29 is 18.7 Å². The Labute approximate surface area is 100 Å². The van der Waals surface area contributed by atoms with Gasteiger partial charge < -0.3 is 10.0 Å². The highest BCUT2D eigenvalue weighted by Crippen LogP contribution is 2.36. The zero-order valence-corrected chi connectivity index (χ0v) is 9.87. The molecule has 0 aromatic heterocycles. The van der Waals surface area contributed by atoms with Gasteiger partial charge in [-0.1, -0.05) is 6.08 Å². The van der Waals surface area contributed by atoms with Crippen molar-refractivity contribution in [2.75, 3.05) is 19.7 Å². The van der Waals surface area contributed by atoms with E-state index in [0.717, 1.165) is 0 Å². The van der Waals surface area contributed by atoms with Gasteiger partial charge in [0.1, 0.15) is 0 Å². The number of amides is 1. The lowest BCUT2D eigenvalue weighted by Gasteiger charge is -2.31. The van der Waals surface area contributed by atoms with E-state index in [0.29, 0.717) is 6.54 Å². The number of nitrogens with zero attached hydrogens (tertiary/aromatic N) is 1. The van der Waals surface area contributed by atoms with Crippen molar-refractivity contribution in [2.24, 2.45) is 5.92 Å². The van der Waals surface area contributed by atoms with Crippen LogP contribution in [0.5, 0.6) is 0 Å². The first kappa shape index (κ1) is 14.1. The molecule has 1 aliphatic rings. The summed E-state index contributed by atoms with van der Waals surface area (Å²) in [5.74, 6) is -3.09. The van der Waals surface area contributed by atoms with E-state index in [4.69, 9.17) is 5.11 Å². The summed E-state index contributed by atoms with van der Waals surface area (Å²) in [6, 6.07) is 0. The van der Waals surface area contributed by atoms with E-state index in [9.17, 15) is 13.6 Å². The molecular formula is C12H19F2NO2. The van der Waals surface area contributed by atoms with Crippen LogP contribution in [0, 0.1) is 5.92 Å². The zero-order valence-electron chi connectivity index (χ0n) is 9.87. The Morgan fingerprint density at radius 2 is 2.06 bits per heavy atom. The van der Waals surface area contributed by atoms with E-state index in [-0.39, 0.29) is 50.7 Å². The molecule has 1 saturated carbocycles. The fraction of sp³-hybridized carbons (Fsp3) is 0.750. The summed E-state index contributed by atoms with van der Waals surface area (Å²) in [7, 11) is 0. The highest BCUT2D eigenvalue weighted by Gasteiger charge is 2.38. The van der Waals surface area contributed by atoms with Gasteiger partial charge in [0.2, 0.25) is 11.8 Å². The van der Waals surface area contributed by atoms with Gasteiger partial charge in [0.05, 0.1) is 6.61 Å².